The van der Waals surface area contributed by atoms with Crippen LogP contribution < -0.4 is 0 Å². The van der Waals surface area contributed by atoms with Gasteiger partial charge in [0.15, 0.2) is 0 Å². The number of hydrogen-bond acceptors (Lipinski definition) is 4. The number of rotatable bonds is 12. The fourth-order valence-corrected chi connectivity index (χ4v) is 2.78. The van der Waals surface area contributed by atoms with Crippen LogP contribution in [-0.2, 0) is 22.7 Å². The molecule has 4 atom stereocenters. The largest absolute Gasteiger partial charge is 0.396 e. The van der Waals surface area contributed by atoms with E-state index in [0.717, 1.165) is 11.1 Å². The number of aliphatic hydroxyl groups is 2. The minimum Gasteiger partial charge on any atom is -0.396 e. The Labute approximate surface area is 161 Å². The zero-order chi connectivity index (χ0) is 19.5. The Hall–Kier alpha value is -2.24. The Kier molecular flexibility index (Phi) is 8.95. The van der Waals surface area contributed by atoms with Gasteiger partial charge < -0.3 is 19.7 Å². The van der Waals surface area contributed by atoms with E-state index in [9.17, 15) is 10.2 Å². The Morgan fingerprint density at radius 1 is 0.815 bits per heavy atom. The summed E-state index contributed by atoms with van der Waals surface area (Å²) < 4.78 is 12.0. The van der Waals surface area contributed by atoms with Crippen molar-refractivity contribution in [1.82, 2.24) is 0 Å². The third kappa shape index (κ3) is 6.45. The first-order chi connectivity index (χ1) is 13.2. The van der Waals surface area contributed by atoms with Crippen LogP contribution in [0.2, 0.25) is 0 Å². The molecule has 0 bridgehead atoms. The smallest absolute Gasteiger partial charge is 0.114 e. The van der Waals surface area contributed by atoms with E-state index in [4.69, 9.17) is 9.47 Å². The second kappa shape index (κ2) is 11.5. The second-order valence-electron chi connectivity index (χ2n) is 6.33. The first kappa shape index (κ1) is 21.1. The lowest BCUT2D eigenvalue weighted by Gasteiger charge is -2.32. The highest BCUT2D eigenvalue weighted by Crippen LogP contribution is 2.20. The van der Waals surface area contributed by atoms with Crippen LogP contribution in [0.5, 0.6) is 0 Å². The number of benzene rings is 2. The number of ether oxygens (including phenoxy) is 2. The van der Waals surface area contributed by atoms with E-state index < -0.39 is 24.2 Å². The standard InChI is InChI=1S/C23H28O4/c1-3-20(15-24)22(25)23(27-17-19-13-9-6-10-14-19)21(4-2)26-16-18-11-7-5-8-12-18/h3-14,20-25H,1-2,15-17H2/t20?,21-,22?,23+/m0/s1. The Balaban J connectivity index is 2.11. The average Bonchev–Trinajstić information content (AvgIpc) is 2.72. The molecule has 0 aliphatic carbocycles. The van der Waals surface area contributed by atoms with E-state index >= 15 is 0 Å². The summed E-state index contributed by atoms with van der Waals surface area (Å²) in [7, 11) is 0. The molecule has 27 heavy (non-hydrogen) atoms. The number of hydrogen-bond donors (Lipinski definition) is 2. The first-order valence-electron chi connectivity index (χ1n) is 9.04. The highest BCUT2D eigenvalue weighted by atomic mass is 16.5. The van der Waals surface area contributed by atoms with Crippen molar-refractivity contribution in [3.05, 3.63) is 97.1 Å². The maximum atomic E-state index is 10.8. The van der Waals surface area contributed by atoms with Crippen LogP contribution in [0.3, 0.4) is 0 Å². The van der Waals surface area contributed by atoms with Crippen LogP contribution in [-0.4, -0.2) is 35.1 Å². The summed E-state index contributed by atoms with van der Waals surface area (Å²) in [4.78, 5) is 0. The molecule has 0 aliphatic rings. The Morgan fingerprint density at radius 2 is 1.33 bits per heavy atom. The third-order valence-corrected chi connectivity index (χ3v) is 4.42. The van der Waals surface area contributed by atoms with Crippen molar-refractivity contribution in [2.75, 3.05) is 6.61 Å². The van der Waals surface area contributed by atoms with Gasteiger partial charge in [-0.05, 0) is 11.1 Å². The summed E-state index contributed by atoms with van der Waals surface area (Å²) >= 11 is 0. The van der Waals surface area contributed by atoms with Gasteiger partial charge in [-0.25, -0.2) is 0 Å². The van der Waals surface area contributed by atoms with Crippen molar-refractivity contribution in [3.63, 3.8) is 0 Å². The summed E-state index contributed by atoms with van der Waals surface area (Å²) in [5, 5.41) is 20.3. The fourth-order valence-electron chi connectivity index (χ4n) is 2.78. The Bertz CT molecular complexity index is 671. The van der Waals surface area contributed by atoms with Crippen molar-refractivity contribution in [2.45, 2.75) is 31.5 Å². The summed E-state index contributed by atoms with van der Waals surface area (Å²) in [5.74, 6) is -0.520. The van der Waals surface area contributed by atoms with Gasteiger partial charge in [0.1, 0.15) is 12.2 Å². The van der Waals surface area contributed by atoms with E-state index in [0.29, 0.717) is 13.2 Å². The third-order valence-electron chi connectivity index (χ3n) is 4.42. The van der Waals surface area contributed by atoms with Crippen molar-refractivity contribution < 1.29 is 19.7 Å². The lowest BCUT2D eigenvalue weighted by molar-refractivity contribution is -0.129. The van der Waals surface area contributed by atoms with Crippen LogP contribution in [0.1, 0.15) is 11.1 Å². The summed E-state index contributed by atoms with van der Waals surface area (Å²) in [5.41, 5.74) is 2.00. The van der Waals surface area contributed by atoms with Crippen LogP contribution >= 0.6 is 0 Å². The van der Waals surface area contributed by atoms with Crippen molar-refractivity contribution in [3.8, 4) is 0 Å². The maximum Gasteiger partial charge on any atom is 0.114 e. The minimum absolute atomic E-state index is 0.224. The van der Waals surface area contributed by atoms with E-state index in [1.54, 1.807) is 6.08 Å². The van der Waals surface area contributed by atoms with Crippen molar-refractivity contribution in [1.29, 1.82) is 0 Å². The zero-order valence-corrected chi connectivity index (χ0v) is 15.5. The monoisotopic (exact) mass is 368 g/mol. The summed E-state index contributed by atoms with van der Waals surface area (Å²) in [6.07, 6.45) is 0.940. The molecule has 2 aromatic rings. The normalized spacial score (nSPS) is 15.5. The predicted octanol–water partition coefficient (Wildman–Crippen LogP) is 3.50. The van der Waals surface area contributed by atoms with Gasteiger partial charge in [-0.2, -0.15) is 0 Å². The van der Waals surface area contributed by atoms with Gasteiger partial charge >= 0.3 is 0 Å². The van der Waals surface area contributed by atoms with Gasteiger partial charge in [0.2, 0.25) is 0 Å². The SMILES string of the molecule is C=CC(CO)C(O)[C@H](OCc1ccccc1)[C@H](C=C)OCc1ccccc1. The molecule has 0 saturated heterocycles. The molecule has 0 fully saturated rings. The van der Waals surface area contributed by atoms with Crippen molar-refractivity contribution >= 4 is 0 Å². The molecule has 0 heterocycles. The molecule has 2 unspecified atom stereocenters. The van der Waals surface area contributed by atoms with Gasteiger partial charge in [-0.1, -0.05) is 72.8 Å². The highest BCUT2D eigenvalue weighted by molar-refractivity contribution is 5.14. The predicted molar refractivity (Wildman–Crippen MR) is 107 cm³/mol. The highest BCUT2D eigenvalue weighted by Gasteiger charge is 2.32. The molecule has 2 aromatic carbocycles. The van der Waals surface area contributed by atoms with Gasteiger partial charge in [0.25, 0.3) is 0 Å². The first-order valence-corrected chi connectivity index (χ1v) is 9.04. The Morgan fingerprint density at radius 3 is 1.78 bits per heavy atom. The molecule has 2 N–H and O–H groups in total. The molecule has 0 aliphatic heterocycles. The zero-order valence-electron chi connectivity index (χ0n) is 15.5. The molecule has 144 valence electrons. The van der Waals surface area contributed by atoms with Crippen LogP contribution in [0, 0.1) is 5.92 Å². The molecule has 0 amide bonds. The maximum absolute atomic E-state index is 10.8. The number of aliphatic hydroxyl groups excluding tert-OH is 2. The molecule has 0 aromatic heterocycles. The molecule has 4 nitrogen and oxygen atoms in total. The van der Waals surface area contributed by atoms with E-state index in [2.05, 4.69) is 13.2 Å². The van der Waals surface area contributed by atoms with Gasteiger partial charge in [0, 0.05) is 5.92 Å². The molecule has 4 heteroatoms. The van der Waals surface area contributed by atoms with Gasteiger partial charge in [-0.15, -0.1) is 13.2 Å². The van der Waals surface area contributed by atoms with Crippen LogP contribution in [0.15, 0.2) is 86.0 Å². The molecule has 0 saturated carbocycles. The molecular weight excluding hydrogens is 340 g/mol. The van der Waals surface area contributed by atoms with Crippen LogP contribution in [0.25, 0.3) is 0 Å². The lowest BCUT2D eigenvalue weighted by Crippen LogP contribution is -2.44. The van der Waals surface area contributed by atoms with E-state index in [1.807, 2.05) is 60.7 Å². The summed E-state index contributed by atoms with van der Waals surface area (Å²) in [6.45, 7) is 7.99. The minimum atomic E-state index is -0.977. The second-order valence-corrected chi connectivity index (χ2v) is 6.33. The lowest BCUT2D eigenvalue weighted by atomic mass is 9.95. The summed E-state index contributed by atoms with van der Waals surface area (Å²) in [6, 6.07) is 19.5. The van der Waals surface area contributed by atoms with Gasteiger partial charge in [0.05, 0.1) is 25.9 Å². The topological polar surface area (TPSA) is 58.9 Å². The quantitative estimate of drug-likeness (QED) is 0.563. The van der Waals surface area contributed by atoms with Gasteiger partial charge in [-0.3, -0.25) is 0 Å². The van der Waals surface area contributed by atoms with Crippen molar-refractivity contribution in [2.24, 2.45) is 5.92 Å². The fraction of sp³-hybridized carbons (Fsp3) is 0.304. The van der Waals surface area contributed by atoms with E-state index in [-0.39, 0.29) is 6.61 Å². The van der Waals surface area contributed by atoms with Crippen LogP contribution in [0.4, 0.5) is 0 Å². The molecule has 0 spiro atoms. The average molecular weight is 368 g/mol. The molecular formula is C23H28O4. The molecule has 2 rings (SSSR count). The van der Waals surface area contributed by atoms with E-state index in [1.165, 1.54) is 6.08 Å². The molecule has 0 radical (unpaired) electrons.